The Balaban J connectivity index is 1.55. The van der Waals surface area contributed by atoms with E-state index in [0.717, 1.165) is 17.8 Å². The van der Waals surface area contributed by atoms with Crippen LogP contribution in [0.4, 0.5) is 5.13 Å². The minimum Gasteiger partial charge on any atom is -0.477 e. The Kier molecular flexibility index (Phi) is 5.85. The average Bonchev–Trinajstić information content (AvgIpc) is 3.05. The molecule has 0 saturated carbocycles. The molecule has 1 saturated heterocycles. The number of anilines is 1. The summed E-state index contributed by atoms with van der Waals surface area (Å²) in [7, 11) is 0. The van der Waals surface area contributed by atoms with E-state index >= 15 is 0 Å². The smallest absolute Gasteiger partial charge is 0.347 e. The summed E-state index contributed by atoms with van der Waals surface area (Å²) in [6, 6.07) is 9.68. The Morgan fingerprint density at radius 1 is 1.38 bits per heavy atom. The second kappa shape index (κ2) is 8.29. The van der Waals surface area contributed by atoms with E-state index < -0.39 is 5.97 Å². The molecule has 3 N–H and O–H groups in total. The molecule has 1 aliphatic rings. The predicted octanol–water partition coefficient (Wildman–Crippen LogP) is 1.29. The van der Waals surface area contributed by atoms with Crippen LogP contribution in [-0.2, 0) is 11.2 Å². The first kappa shape index (κ1) is 18.3. The van der Waals surface area contributed by atoms with E-state index in [4.69, 9.17) is 0 Å². The van der Waals surface area contributed by atoms with Gasteiger partial charge in [0.2, 0.25) is 5.91 Å². The molecule has 1 fully saturated rings. The molecule has 0 aliphatic carbocycles. The SMILES string of the molecule is Cc1nc(N2CCN[C@@H](C(=O)NCCc3ccccc3)C2)sc1C(=O)O. The topological polar surface area (TPSA) is 94.6 Å². The van der Waals surface area contributed by atoms with Gasteiger partial charge in [0.25, 0.3) is 0 Å². The van der Waals surface area contributed by atoms with Crippen molar-refractivity contribution >= 4 is 28.3 Å². The normalized spacial score (nSPS) is 17.1. The van der Waals surface area contributed by atoms with E-state index in [1.54, 1.807) is 6.92 Å². The molecule has 2 heterocycles. The van der Waals surface area contributed by atoms with Gasteiger partial charge in [-0.3, -0.25) is 4.79 Å². The van der Waals surface area contributed by atoms with Gasteiger partial charge in [0.1, 0.15) is 10.9 Å². The lowest BCUT2D eigenvalue weighted by molar-refractivity contribution is -0.123. The van der Waals surface area contributed by atoms with E-state index in [9.17, 15) is 14.7 Å². The summed E-state index contributed by atoms with van der Waals surface area (Å²) >= 11 is 1.16. The van der Waals surface area contributed by atoms with Gasteiger partial charge < -0.3 is 20.6 Å². The minimum absolute atomic E-state index is 0.0441. The summed E-state index contributed by atoms with van der Waals surface area (Å²) in [5.41, 5.74) is 1.70. The summed E-state index contributed by atoms with van der Waals surface area (Å²) in [6.07, 6.45) is 0.788. The van der Waals surface area contributed by atoms with Gasteiger partial charge in [0.05, 0.1) is 5.69 Å². The monoisotopic (exact) mass is 374 g/mol. The number of hydrogen-bond acceptors (Lipinski definition) is 6. The van der Waals surface area contributed by atoms with Crippen LogP contribution in [0.5, 0.6) is 0 Å². The molecule has 138 valence electrons. The Bertz CT molecular complexity index is 778. The number of amides is 1. The zero-order chi connectivity index (χ0) is 18.5. The minimum atomic E-state index is -0.961. The average molecular weight is 374 g/mol. The van der Waals surface area contributed by atoms with E-state index in [0.29, 0.717) is 37.0 Å². The standard InChI is InChI=1S/C18H22N4O3S/c1-12-15(17(24)25)26-18(21-12)22-10-9-19-14(11-22)16(23)20-8-7-13-5-3-2-4-6-13/h2-6,14,19H,7-11H2,1H3,(H,20,23)(H,24,25)/t14-/m1/s1. The second-order valence-electron chi connectivity index (χ2n) is 6.20. The summed E-state index contributed by atoms with van der Waals surface area (Å²) < 4.78 is 0. The Morgan fingerprint density at radius 2 is 2.15 bits per heavy atom. The lowest BCUT2D eigenvalue weighted by Gasteiger charge is -2.32. The number of carbonyl (C=O) groups is 2. The highest BCUT2D eigenvalue weighted by atomic mass is 32.1. The van der Waals surface area contributed by atoms with Crippen molar-refractivity contribution in [3.05, 3.63) is 46.5 Å². The lowest BCUT2D eigenvalue weighted by atomic mass is 10.1. The molecule has 0 spiro atoms. The molecular weight excluding hydrogens is 352 g/mol. The third-order valence-corrected chi connectivity index (χ3v) is 5.50. The Labute approximate surface area is 156 Å². The van der Waals surface area contributed by atoms with Gasteiger partial charge >= 0.3 is 5.97 Å². The number of carbonyl (C=O) groups excluding carboxylic acids is 1. The number of thiazole rings is 1. The summed E-state index contributed by atoms with van der Waals surface area (Å²) in [5.74, 6) is -1.01. The largest absolute Gasteiger partial charge is 0.477 e. The number of nitrogens with one attached hydrogen (secondary N) is 2. The van der Waals surface area contributed by atoms with Crippen molar-refractivity contribution < 1.29 is 14.7 Å². The van der Waals surface area contributed by atoms with E-state index in [1.165, 1.54) is 5.56 Å². The first-order chi connectivity index (χ1) is 12.5. The zero-order valence-corrected chi connectivity index (χ0v) is 15.4. The van der Waals surface area contributed by atoms with Crippen LogP contribution in [0.1, 0.15) is 20.9 Å². The van der Waals surface area contributed by atoms with E-state index in [1.807, 2.05) is 35.2 Å². The van der Waals surface area contributed by atoms with Gasteiger partial charge in [-0.25, -0.2) is 9.78 Å². The number of rotatable bonds is 6. The molecule has 1 aromatic heterocycles. The van der Waals surface area contributed by atoms with Crippen LogP contribution in [0, 0.1) is 6.92 Å². The number of nitrogens with zero attached hydrogens (tertiary/aromatic N) is 2. The maximum Gasteiger partial charge on any atom is 0.347 e. The molecule has 0 unspecified atom stereocenters. The Hall–Kier alpha value is -2.45. The maximum atomic E-state index is 12.4. The zero-order valence-electron chi connectivity index (χ0n) is 14.6. The summed E-state index contributed by atoms with van der Waals surface area (Å²) in [4.78, 5) is 30.2. The lowest BCUT2D eigenvalue weighted by Crippen LogP contribution is -2.57. The fourth-order valence-electron chi connectivity index (χ4n) is 2.91. The second-order valence-corrected chi connectivity index (χ2v) is 7.17. The third-order valence-electron chi connectivity index (χ3n) is 4.30. The van der Waals surface area contributed by atoms with Gasteiger partial charge in [-0.1, -0.05) is 41.7 Å². The molecule has 1 atom stereocenters. The molecule has 8 heteroatoms. The fraction of sp³-hybridized carbons (Fsp3) is 0.389. The van der Waals surface area contributed by atoms with Crippen molar-refractivity contribution in [3.63, 3.8) is 0 Å². The van der Waals surface area contributed by atoms with Gasteiger partial charge in [0, 0.05) is 26.2 Å². The van der Waals surface area contributed by atoms with E-state index in [2.05, 4.69) is 15.6 Å². The molecule has 7 nitrogen and oxygen atoms in total. The molecule has 1 aromatic carbocycles. The number of carboxylic acids is 1. The maximum absolute atomic E-state index is 12.4. The van der Waals surface area contributed by atoms with Crippen LogP contribution in [0.2, 0.25) is 0 Å². The number of hydrogen-bond donors (Lipinski definition) is 3. The van der Waals surface area contributed by atoms with Crippen molar-refractivity contribution in [2.24, 2.45) is 0 Å². The van der Waals surface area contributed by atoms with Crippen LogP contribution in [0.3, 0.4) is 0 Å². The third kappa shape index (κ3) is 4.39. The highest BCUT2D eigenvalue weighted by Crippen LogP contribution is 2.26. The predicted molar refractivity (Wildman–Crippen MR) is 101 cm³/mol. The summed E-state index contributed by atoms with van der Waals surface area (Å²) in [6.45, 7) is 4.10. The van der Waals surface area contributed by atoms with Gasteiger partial charge in [-0.05, 0) is 18.9 Å². The van der Waals surface area contributed by atoms with Gasteiger partial charge in [-0.15, -0.1) is 0 Å². The highest BCUT2D eigenvalue weighted by molar-refractivity contribution is 7.17. The van der Waals surface area contributed by atoms with Crippen LogP contribution < -0.4 is 15.5 Å². The van der Waals surface area contributed by atoms with Crippen molar-refractivity contribution in [2.45, 2.75) is 19.4 Å². The Morgan fingerprint density at radius 3 is 2.85 bits per heavy atom. The van der Waals surface area contributed by atoms with E-state index in [-0.39, 0.29) is 16.8 Å². The molecule has 0 bridgehead atoms. The molecule has 3 rings (SSSR count). The number of aryl methyl sites for hydroxylation is 1. The van der Waals surface area contributed by atoms with Crippen LogP contribution in [0.25, 0.3) is 0 Å². The van der Waals surface area contributed by atoms with Crippen LogP contribution in [-0.4, -0.2) is 54.2 Å². The van der Waals surface area contributed by atoms with Gasteiger partial charge in [-0.2, -0.15) is 0 Å². The molecule has 2 aromatic rings. The number of aromatic carboxylic acids is 1. The molecule has 1 aliphatic heterocycles. The fourth-order valence-corrected chi connectivity index (χ4v) is 3.85. The van der Waals surface area contributed by atoms with Crippen molar-refractivity contribution in [1.82, 2.24) is 15.6 Å². The molecule has 0 radical (unpaired) electrons. The van der Waals surface area contributed by atoms with Crippen molar-refractivity contribution in [3.8, 4) is 0 Å². The number of benzene rings is 1. The highest BCUT2D eigenvalue weighted by Gasteiger charge is 2.27. The molecular formula is C18H22N4O3S. The van der Waals surface area contributed by atoms with Crippen LogP contribution >= 0.6 is 11.3 Å². The van der Waals surface area contributed by atoms with Crippen molar-refractivity contribution in [2.75, 3.05) is 31.1 Å². The molecule has 1 amide bonds. The number of piperazine rings is 1. The number of carboxylic acid groups (broad SMARTS) is 1. The summed E-state index contributed by atoms with van der Waals surface area (Å²) in [5, 5.41) is 16.0. The van der Waals surface area contributed by atoms with Crippen molar-refractivity contribution in [1.29, 1.82) is 0 Å². The first-order valence-electron chi connectivity index (χ1n) is 8.55. The molecule has 26 heavy (non-hydrogen) atoms. The van der Waals surface area contributed by atoms with Crippen LogP contribution in [0.15, 0.2) is 30.3 Å². The first-order valence-corrected chi connectivity index (χ1v) is 9.37. The van der Waals surface area contributed by atoms with Gasteiger partial charge in [0.15, 0.2) is 5.13 Å². The number of aromatic nitrogens is 1. The quantitative estimate of drug-likeness (QED) is 0.705.